The SMILES string of the molecule is CC(C)c1nc(C2CNc3ccccc3O2)n(C)n1. The number of nitrogens with one attached hydrogen (secondary N) is 1. The van der Waals surface area contributed by atoms with Gasteiger partial charge in [-0.05, 0) is 12.1 Å². The highest BCUT2D eigenvalue weighted by atomic mass is 16.5. The summed E-state index contributed by atoms with van der Waals surface area (Å²) in [5.74, 6) is 2.92. The van der Waals surface area contributed by atoms with Gasteiger partial charge in [0.1, 0.15) is 5.75 Å². The fourth-order valence-electron chi connectivity index (χ4n) is 2.20. The highest BCUT2D eigenvalue weighted by molar-refractivity contribution is 5.57. The number of aryl methyl sites for hydroxylation is 1. The molecule has 5 heteroatoms. The van der Waals surface area contributed by atoms with Crippen LogP contribution in [0.3, 0.4) is 0 Å². The molecule has 0 amide bonds. The monoisotopic (exact) mass is 258 g/mol. The Kier molecular flexibility index (Phi) is 2.89. The third-order valence-electron chi connectivity index (χ3n) is 3.25. The number of ether oxygens (including phenoxy) is 1. The van der Waals surface area contributed by atoms with E-state index in [0.717, 1.165) is 23.1 Å². The largest absolute Gasteiger partial charge is 0.478 e. The number of aromatic nitrogens is 3. The number of hydrogen-bond donors (Lipinski definition) is 1. The summed E-state index contributed by atoms with van der Waals surface area (Å²) in [6.45, 7) is 4.89. The summed E-state index contributed by atoms with van der Waals surface area (Å²) >= 11 is 0. The van der Waals surface area contributed by atoms with Crippen molar-refractivity contribution in [2.75, 3.05) is 11.9 Å². The Morgan fingerprint density at radius 3 is 2.89 bits per heavy atom. The second-order valence-corrected chi connectivity index (χ2v) is 5.09. The van der Waals surface area contributed by atoms with E-state index in [4.69, 9.17) is 4.74 Å². The molecule has 0 aliphatic carbocycles. The molecule has 1 atom stereocenters. The minimum absolute atomic E-state index is 0.0973. The molecule has 2 aromatic rings. The summed E-state index contributed by atoms with van der Waals surface area (Å²) in [6.07, 6.45) is -0.0973. The second-order valence-electron chi connectivity index (χ2n) is 5.09. The summed E-state index contributed by atoms with van der Waals surface area (Å²) in [4.78, 5) is 4.59. The molecule has 1 aromatic carbocycles. The highest BCUT2D eigenvalue weighted by Gasteiger charge is 2.25. The molecule has 0 radical (unpaired) electrons. The van der Waals surface area contributed by atoms with Crippen LogP contribution in [0.15, 0.2) is 24.3 Å². The summed E-state index contributed by atoms with van der Waals surface area (Å²) in [5, 5.41) is 7.81. The molecule has 0 saturated heterocycles. The van der Waals surface area contributed by atoms with Crippen molar-refractivity contribution in [3.05, 3.63) is 35.9 Å². The Bertz CT molecular complexity index is 591. The maximum atomic E-state index is 6.01. The van der Waals surface area contributed by atoms with E-state index in [1.54, 1.807) is 0 Å². The van der Waals surface area contributed by atoms with Gasteiger partial charge < -0.3 is 10.1 Å². The lowest BCUT2D eigenvalue weighted by atomic mass is 10.2. The number of fused-ring (bicyclic) bond motifs is 1. The maximum Gasteiger partial charge on any atom is 0.175 e. The Morgan fingerprint density at radius 1 is 1.37 bits per heavy atom. The van der Waals surface area contributed by atoms with Crippen LogP contribution in [-0.2, 0) is 7.05 Å². The zero-order chi connectivity index (χ0) is 13.4. The van der Waals surface area contributed by atoms with Crippen molar-refractivity contribution in [3.8, 4) is 5.75 Å². The van der Waals surface area contributed by atoms with Crippen molar-refractivity contribution in [2.24, 2.45) is 7.05 Å². The quantitative estimate of drug-likeness (QED) is 0.899. The van der Waals surface area contributed by atoms with Gasteiger partial charge in [0.05, 0.1) is 12.2 Å². The van der Waals surface area contributed by atoms with E-state index in [1.807, 2.05) is 36.0 Å². The van der Waals surface area contributed by atoms with Crippen LogP contribution < -0.4 is 10.1 Å². The summed E-state index contributed by atoms with van der Waals surface area (Å²) in [7, 11) is 1.91. The van der Waals surface area contributed by atoms with Gasteiger partial charge in [-0.15, -0.1) is 0 Å². The normalized spacial score (nSPS) is 17.8. The highest BCUT2D eigenvalue weighted by Crippen LogP contribution is 2.33. The minimum Gasteiger partial charge on any atom is -0.478 e. The van der Waals surface area contributed by atoms with Gasteiger partial charge in [-0.25, -0.2) is 9.67 Å². The molecular formula is C14H18N4O. The van der Waals surface area contributed by atoms with Crippen molar-refractivity contribution >= 4 is 5.69 Å². The summed E-state index contributed by atoms with van der Waals surface area (Å²) in [6, 6.07) is 7.95. The van der Waals surface area contributed by atoms with Crippen LogP contribution in [0, 0.1) is 0 Å². The zero-order valence-electron chi connectivity index (χ0n) is 11.4. The molecule has 19 heavy (non-hydrogen) atoms. The van der Waals surface area contributed by atoms with Crippen LogP contribution in [0.5, 0.6) is 5.75 Å². The average Bonchev–Trinajstić information content (AvgIpc) is 2.80. The minimum atomic E-state index is -0.0973. The molecule has 0 saturated carbocycles. The van der Waals surface area contributed by atoms with Gasteiger partial charge in [0.25, 0.3) is 0 Å². The van der Waals surface area contributed by atoms with Crippen LogP contribution in [-0.4, -0.2) is 21.3 Å². The van der Waals surface area contributed by atoms with Gasteiger partial charge in [0.15, 0.2) is 17.8 Å². The first-order valence-electron chi connectivity index (χ1n) is 6.55. The Morgan fingerprint density at radius 2 is 2.16 bits per heavy atom. The predicted octanol–water partition coefficient (Wildman–Crippen LogP) is 2.48. The fraction of sp³-hybridized carbons (Fsp3) is 0.429. The lowest BCUT2D eigenvalue weighted by Crippen LogP contribution is -2.26. The number of benzene rings is 1. The molecule has 2 heterocycles. The Balaban J connectivity index is 1.89. The van der Waals surface area contributed by atoms with Crippen LogP contribution in [0.1, 0.15) is 37.5 Å². The van der Waals surface area contributed by atoms with E-state index >= 15 is 0 Å². The predicted molar refractivity (Wildman–Crippen MR) is 73.4 cm³/mol. The zero-order valence-corrected chi connectivity index (χ0v) is 11.4. The van der Waals surface area contributed by atoms with Crippen molar-refractivity contribution in [2.45, 2.75) is 25.9 Å². The third kappa shape index (κ3) is 2.16. The first-order valence-corrected chi connectivity index (χ1v) is 6.55. The molecule has 1 aliphatic rings. The van der Waals surface area contributed by atoms with E-state index in [0.29, 0.717) is 12.5 Å². The molecular weight excluding hydrogens is 240 g/mol. The van der Waals surface area contributed by atoms with Crippen molar-refractivity contribution in [1.29, 1.82) is 0 Å². The Labute approximate surface area is 112 Å². The van der Waals surface area contributed by atoms with Gasteiger partial charge in [-0.3, -0.25) is 0 Å². The molecule has 1 N–H and O–H groups in total. The third-order valence-corrected chi connectivity index (χ3v) is 3.25. The number of anilines is 1. The van der Waals surface area contributed by atoms with E-state index in [2.05, 4.69) is 29.2 Å². The standard InChI is InChI=1S/C14H18N4O/c1-9(2)13-16-14(18(3)17-13)12-8-15-10-6-4-5-7-11(10)19-12/h4-7,9,12,15H,8H2,1-3H3. The van der Waals surface area contributed by atoms with E-state index in [1.165, 1.54) is 0 Å². The van der Waals surface area contributed by atoms with Gasteiger partial charge in [0.2, 0.25) is 0 Å². The lowest BCUT2D eigenvalue weighted by molar-refractivity contribution is 0.195. The Hall–Kier alpha value is -2.04. The van der Waals surface area contributed by atoms with Gasteiger partial charge >= 0.3 is 0 Å². The average molecular weight is 258 g/mol. The molecule has 5 nitrogen and oxygen atoms in total. The van der Waals surface area contributed by atoms with Crippen LogP contribution in [0.25, 0.3) is 0 Å². The molecule has 0 bridgehead atoms. The molecule has 1 aromatic heterocycles. The summed E-state index contributed by atoms with van der Waals surface area (Å²) in [5.41, 5.74) is 1.03. The molecule has 3 rings (SSSR count). The smallest absolute Gasteiger partial charge is 0.175 e. The molecule has 100 valence electrons. The fourth-order valence-corrected chi connectivity index (χ4v) is 2.20. The van der Waals surface area contributed by atoms with Crippen LogP contribution in [0.2, 0.25) is 0 Å². The van der Waals surface area contributed by atoms with Crippen LogP contribution >= 0.6 is 0 Å². The molecule has 1 aliphatic heterocycles. The summed E-state index contributed by atoms with van der Waals surface area (Å²) < 4.78 is 7.82. The maximum absolute atomic E-state index is 6.01. The number of rotatable bonds is 2. The van der Waals surface area contributed by atoms with Gasteiger partial charge in [0, 0.05) is 13.0 Å². The molecule has 0 fully saturated rings. The first kappa shape index (κ1) is 12.0. The van der Waals surface area contributed by atoms with Crippen molar-refractivity contribution in [1.82, 2.24) is 14.8 Å². The topological polar surface area (TPSA) is 52.0 Å². The number of nitrogens with zero attached hydrogens (tertiary/aromatic N) is 3. The lowest BCUT2D eigenvalue weighted by Gasteiger charge is -2.26. The van der Waals surface area contributed by atoms with E-state index < -0.39 is 0 Å². The molecule has 1 unspecified atom stereocenters. The first-order chi connectivity index (χ1) is 9.15. The molecule has 0 spiro atoms. The van der Waals surface area contributed by atoms with Crippen molar-refractivity contribution in [3.63, 3.8) is 0 Å². The van der Waals surface area contributed by atoms with E-state index in [9.17, 15) is 0 Å². The van der Waals surface area contributed by atoms with Gasteiger partial charge in [-0.1, -0.05) is 26.0 Å². The number of para-hydroxylation sites is 2. The van der Waals surface area contributed by atoms with E-state index in [-0.39, 0.29) is 6.10 Å². The number of hydrogen-bond acceptors (Lipinski definition) is 4. The van der Waals surface area contributed by atoms with Crippen LogP contribution in [0.4, 0.5) is 5.69 Å². The van der Waals surface area contributed by atoms with Crippen molar-refractivity contribution < 1.29 is 4.74 Å². The second kappa shape index (κ2) is 4.57. The van der Waals surface area contributed by atoms with Gasteiger partial charge in [-0.2, -0.15) is 5.10 Å².